The molecule has 0 unspecified atom stereocenters. The van der Waals surface area contributed by atoms with Crippen molar-refractivity contribution in [1.29, 1.82) is 0 Å². The lowest BCUT2D eigenvalue weighted by Gasteiger charge is -2.09. The summed E-state index contributed by atoms with van der Waals surface area (Å²) in [5.41, 5.74) is 4.37. The summed E-state index contributed by atoms with van der Waals surface area (Å²) < 4.78 is 0. The van der Waals surface area contributed by atoms with Gasteiger partial charge in [-0.3, -0.25) is 4.79 Å². The lowest BCUT2D eigenvalue weighted by Crippen LogP contribution is -2.09. The van der Waals surface area contributed by atoms with E-state index >= 15 is 0 Å². The molecule has 0 bridgehead atoms. The van der Waals surface area contributed by atoms with Crippen molar-refractivity contribution in [3.8, 4) is 10.4 Å². The Hall–Kier alpha value is -1.87. The number of benzene rings is 1. The lowest BCUT2D eigenvalue weighted by molar-refractivity contribution is 0.0968. The number of fused-ring (bicyclic) bond motifs is 3. The Labute approximate surface area is 115 Å². The monoisotopic (exact) mass is 267 g/mol. The number of rotatable bonds is 1. The van der Waals surface area contributed by atoms with Crippen LogP contribution in [0.5, 0.6) is 0 Å². The Morgan fingerprint density at radius 2 is 2.11 bits per heavy atom. The highest BCUT2D eigenvalue weighted by Gasteiger charge is 2.21. The molecule has 2 heterocycles. The summed E-state index contributed by atoms with van der Waals surface area (Å²) in [6, 6.07) is 10.6. The summed E-state index contributed by atoms with van der Waals surface area (Å²) in [5, 5.41) is 3.31. The second kappa shape index (κ2) is 4.07. The fourth-order valence-corrected chi connectivity index (χ4v) is 3.62. The fourth-order valence-electron chi connectivity index (χ4n) is 2.89. The standard InChI is InChI=1S/C16H13NOS/c18-14-4-1-3-11-12-9-10(15-5-2-8-19-15)6-7-13(12)17-16(11)14/h2,5-9,17H,1,3-4H2. The van der Waals surface area contributed by atoms with E-state index in [-0.39, 0.29) is 5.78 Å². The number of carbonyl (C=O) groups is 1. The van der Waals surface area contributed by atoms with Crippen molar-refractivity contribution in [2.24, 2.45) is 0 Å². The molecule has 0 amide bonds. The molecular formula is C16H13NOS. The van der Waals surface area contributed by atoms with Crippen molar-refractivity contribution < 1.29 is 4.79 Å². The van der Waals surface area contributed by atoms with E-state index in [1.807, 2.05) is 0 Å². The van der Waals surface area contributed by atoms with Gasteiger partial charge in [0.25, 0.3) is 0 Å². The molecule has 0 saturated heterocycles. The largest absolute Gasteiger partial charge is 0.352 e. The minimum atomic E-state index is 0.259. The number of aromatic nitrogens is 1. The second-order valence-corrected chi connectivity index (χ2v) is 5.94. The first-order valence-electron chi connectivity index (χ1n) is 6.54. The van der Waals surface area contributed by atoms with Crippen LogP contribution in [0.2, 0.25) is 0 Å². The first-order chi connectivity index (χ1) is 9.33. The Bertz CT molecular complexity index is 768. The molecule has 3 aromatic rings. The molecule has 0 radical (unpaired) electrons. The van der Waals surface area contributed by atoms with Gasteiger partial charge in [0.05, 0.1) is 5.69 Å². The molecule has 0 spiro atoms. The van der Waals surface area contributed by atoms with Crippen molar-refractivity contribution >= 4 is 28.0 Å². The highest BCUT2D eigenvalue weighted by molar-refractivity contribution is 7.13. The fraction of sp³-hybridized carbons (Fsp3) is 0.188. The molecule has 94 valence electrons. The zero-order chi connectivity index (χ0) is 12.8. The maximum Gasteiger partial charge on any atom is 0.179 e. The molecule has 2 aromatic heterocycles. The number of ketones is 1. The molecular weight excluding hydrogens is 254 g/mol. The summed E-state index contributed by atoms with van der Waals surface area (Å²) in [6.45, 7) is 0. The number of Topliss-reactive ketones (excluding diaryl/α,β-unsaturated/α-hetero) is 1. The van der Waals surface area contributed by atoms with Gasteiger partial charge in [0.2, 0.25) is 0 Å². The molecule has 2 nitrogen and oxygen atoms in total. The molecule has 1 aliphatic carbocycles. The molecule has 0 saturated carbocycles. The van der Waals surface area contributed by atoms with Crippen molar-refractivity contribution in [1.82, 2.24) is 4.98 Å². The van der Waals surface area contributed by atoms with Gasteiger partial charge in [-0.2, -0.15) is 0 Å². The van der Waals surface area contributed by atoms with Crippen molar-refractivity contribution in [3.63, 3.8) is 0 Å². The van der Waals surface area contributed by atoms with Crippen LogP contribution in [0.25, 0.3) is 21.3 Å². The number of H-pyrrole nitrogens is 1. The van der Waals surface area contributed by atoms with E-state index in [1.54, 1.807) is 11.3 Å². The minimum absolute atomic E-state index is 0.259. The number of hydrogen-bond acceptors (Lipinski definition) is 2. The van der Waals surface area contributed by atoms with Gasteiger partial charge in [0.15, 0.2) is 5.78 Å². The molecule has 4 rings (SSSR count). The topological polar surface area (TPSA) is 32.9 Å². The second-order valence-electron chi connectivity index (χ2n) is 4.99. The number of hydrogen-bond donors (Lipinski definition) is 1. The van der Waals surface area contributed by atoms with Crippen LogP contribution in [0.1, 0.15) is 28.9 Å². The summed E-state index contributed by atoms with van der Waals surface area (Å²) in [7, 11) is 0. The molecule has 19 heavy (non-hydrogen) atoms. The molecule has 1 N–H and O–H groups in total. The van der Waals surface area contributed by atoms with E-state index in [2.05, 4.69) is 40.7 Å². The Kier molecular flexibility index (Phi) is 2.35. The van der Waals surface area contributed by atoms with Crippen LogP contribution in [0.15, 0.2) is 35.7 Å². The highest BCUT2D eigenvalue weighted by atomic mass is 32.1. The average Bonchev–Trinajstić information content (AvgIpc) is 3.05. The third kappa shape index (κ3) is 1.65. The zero-order valence-electron chi connectivity index (χ0n) is 10.4. The van der Waals surface area contributed by atoms with Crippen molar-refractivity contribution in [3.05, 3.63) is 47.0 Å². The van der Waals surface area contributed by atoms with Gasteiger partial charge in [0.1, 0.15) is 0 Å². The quantitative estimate of drug-likeness (QED) is 0.695. The van der Waals surface area contributed by atoms with Gasteiger partial charge in [-0.05, 0) is 47.5 Å². The Morgan fingerprint density at radius 3 is 2.95 bits per heavy atom. The molecule has 0 fully saturated rings. The summed E-state index contributed by atoms with van der Waals surface area (Å²) >= 11 is 1.75. The average molecular weight is 267 g/mol. The van der Waals surface area contributed by atoms with Crippen LogP contribution < -0.4 is 0 Å². The van der Waals surface area contributed by atoms with E-state index in [1.165, 1.54) is 21.4 Å². The van der Waals surface area contributed by atoms with Gasteiger partial charge >= 0.3 is 0 Å². The SMILES string of the molecule is O=C1CCCc2c1[nH]c1ccc(-c3cccs3)cc21. The minimum Gasteiger partial charge on any atom is -0.352 e. The van der Waals surface area contributed by atoms with Gasteiger partial charge < -0.3 is 4.98 Å². The van der Waals surface area contributed by atoms with Crippen LogP contribution in [-0.2, 0) is 6.42 Å². The van der Waals surface area contributed by atoms with Crippen molar-refractivity contribution in [2.75, 3.05) is 0 Å². The number of nitrogens with one attached hydrogen (secondary N) is 1. The maximum atomic E-state index is 11.9. The smallest absolute Gasteiger partial charge is 0.179 e. The number of aromatic amines is 1. The molecule has 1 aliphatic rings. The van der Waals surface area contributed by atoms with E-state index in [0.717, 1.165) is 24.1 Å². The number of carbonyl (C=O) groups excluding carboxylic acids is 1. The predicted octanol–water partition coefficient (Wildman–Crippen LogP) is 4.42. The molecule has 0 aliphatic heterocycles. The van der Waals surface area contributed by atoms with Gasteiger partial charge in [-0.15, -0.1) is 11.3 Å². The number of thiophene rings is 1. The van der Waals surface area contributed by atoms with Crippen LogP contribution in [0.3, 0.4) is 0 Å². The van der Waals surface area contributed by atoms with Gasteiger partial charge in [-0.25, -0.2) is 0 Å². The highest BCUT2D eigenvalue weighted by Crippen LogP contribution is 2.33. The summed E-state index contributed by atoms with van der Waals surface area (Å²) in [6.07, 6.45) is 2.66. The Balaban J connectivity index is 1.96. The zero-order valence-corrected chi connectivity index (χ0v) is 11.2. The maximum absolute atomic E-state index is 11.9. The number of aryl methyl sites for hydroxylation is 1. The lowest BCUT2D eigenvalue weighted by atomic mass is 9.94. The van der Waals surface area contributed by atoms with Gasteiger partial charge in [0, 0.05) is 22.2 Å². The van der Waals surface area contributed by atoms with Crippen LogP contribution in [0.4, 0.5) is 0 Å². The Morgan fingerprint density at radius 1 is 1.16 bits per heavy atom. The van der Waals surface area contributed by atoms with E-state index in [4.69, 9.17) is 0 Å². The van der Waals surface area contributed by atoms with E-state index in [9.17, 15) is 4.79 Å². The van der Waals surface area contributed by atoms with Crippen LogP contribution in [0, 0.1) is 0 Å². The van der Waals surface area contributed by atoms with Crippen LogP contribution in [-0.4, -0.2) is 10.8 Å². The predicted molar refractivity (Wildman–Crippen MR) is 78.9 cm³/mol. The van der Waals surface area contributed by atoms with E-state index in [0.29, 0.717) is 6.42 Å². The first kappa shape index (κ1) is 11.0. The van der Waals surface area contributed by atoms with Gasteiger partial charge in [-0.1, -0.05) is 12.1 Å². The third-order valence-electron chi connectivity index (χ3n) is 3.82. The first-order valence-corrected chi connectivity index (χ1v) is 7.42. The van der Waals surface area contributed by atoms with E-state index < -0.39 is 0 Å². The summed E-state index contributed by atoms with van der Waals surface area (Å²) in [4.78, 5) is 16.5. The molecule has 0 atom stereocenters. The molecule has 3 heteroatoms. The third-order valence-corrected chi connectivity index (χ3v) is 4.74. The summed E-state index contributed by atoms with van der Waals surface area (Å²) in [5.74, 6) is 0.259. The normalized spacial score (nSPS) is 14.8. The van der Waals surface area contributed by atoms with Crippen LogP contribution >= 0.6 is 11.3 Å². The van der Waals surface area contributed by atoms with Crippen molar-refractivity contribution in [2.45, 2.75) is 19.3 Å². The molecule has 1 aromatic carbocycles.